The minimum absolute atomic E-state index is 0.153. The van der Waals surface area contributed by atoms with E-state index in [1.54, 1.807) is 14.2 Å². The molecule has 5 heteroatoms. The third kappa shape index (κ3) is 2.76. The van der Waals surface area contributed by atoms with Crippen LogP contribution in [0.3, 0.4) is 0 Å². The lowest BCUT2D eigenvalue weighted by atomic mass is 10.2. The zero-order valence-corrected chi connectivity index (χ0v) is 13.1. The van der Waals surface area contributed by atoms with Gasteiger partial charge in [-0.25, -0.2) is 4.98 Å². The van der Waals surface area contributed by atoms with Crippen molar-refractivity contribution in [2.45, 2.75) is 31.7 Å². The van der Waals surface area contributed by atoms with Gasteiger partial charge in [-0.2, -0.15) is 0 Å². The molecule has 0 aliphatic carbocycles. The maximum atomic E-state index is 6.30. The standard InChI is InChI=1S/C15H21ClN2O2/c1-5-11(9-19-3)18-14-8-12(20-4)6-7-13(14)17-15(18)10(2)16/h6-8,10-11H,5,9H2,1-4H3. The van der Waals surface area contributed by atoms with Crippen molar-refractivity contribution in [3.05, 3.63) is 24.0 Å². The smallest absolute Gasteiger partial charge is 0.128 e. The first kappa shape index (κ1) is 15.1. The van der Waals surface area contributed by atoms with E-state index in [4.69, 9.17) is 21.1 Å². The highest BCUT2D eigenvalue weighted by atomic mass is 35.5. The van der Waals surface area contributed by atoms with E-state index in [9.17, 15) is 0 Å². The third-order valence-corrected chi connectivity index (χ3v) is 3.67. The number of alkyl halides is 1. The molecular formula is C15H21ClN2O2. The molecule has 1 aromatic carbocycles. The molecule has 0 aliphatic rings. The van der Waals surface area contributed by atoms with Crippen LogP contribution in [0.15, 0.2) is 18.2 Å². The molecule has 20 heavy (non-hydrogen) atoms. The van der Waals surface area contributed by atoms with Crippen molar-refractivity contribution in [1.29, 1.82) is 0 Å². The summed E-state index contributed by atoms with van der Waals surface area (Å²) < 4.78 is 12.8. The fourth-order valence-corrected chi connectivity index (χ4v) is 2.60. The summed E-state index contributed by atoms with van der Waals surface area (Å²) in [5, 5.41) is -0.153. The molecule has 0 aliphatic heterocycles. The second kappa shape index (κ2) is 6.46. The molecule has 1 heterocycles. The van der Waals surface area contributed by atoms with Gasteiger partial charge in [-0.15, -0.1) is 11.6 Å². The monoisotopic (exact) mass is 296 g/mol. The number of ether oxygens (including phenoxy) is 2. The van der Waals surface area contributed by atoms with Crippen LogP contribution in [-0.4, -0.2) is 30.4 Å². The summed E-state index contributed by atoms with van der Waals surface area (Å²) in [4.78, 5) is 4.66. The first-order chi connectivity index (χ1) is 9.62. The van der Waals surface area contributed by atoms with E-state index in [0.29, 0.717) is 6.61 Å². The Morgan fingerprint density at radius 2 is 2.10 bits per heavy atom. The quantitative estimate of drug-likeness (QED) is 0.758. The third-order valence-electron chi connectivity index (χ3n) is 3.48. The van der Waals surface area contributed by atoms with E-state index < -0.39 is 0 Å². The van der Waals surface area contributed by atoms with Crippen molar-refractivity contribution in [2.24, 2.45) is 0 Å². The van der Waals surface area contributed by atoms with Gasteiger partial charge in [0.05, 0.1) is 36.2 Å². The maximum absolute atomic E-state index is 6.30. The van der Waals surface area contributed by atoms with Crippen molar-refractivity contribution < 1.29 is 9.47 Å². The number of halogens is 1. The Kier molecular flexibility index (Phi) is 4.89. The molecule has 0 bridgehead atoms. The molecular weight excluding hydrogens is 276 g/mol. The zero-order chi connectivity index (χ0) is 14.7. The van der Waals surface area contributed by atoms with Crippen LogP contribution < -0.4 is 4.74 Å². The molecule has 2 aromatic rings. The lowest BCUT2D eigenvalue weighted by Gasteiger charge is -2.20. The maximum Gasteiger partial charge on any atom is 0.128 e. The Bertz CT molecular complexity index is 581. The Balaban J connectivity index is 2.65. The molecule has 2 unspecified atom stereocenters. The Morgan fingerprint density at radius 1 is 1.35 bits per heavy atom. The number of hydrogen-bond acceptors (Lipinski definition) is 3. The SMILES string of the molecule is CCC(COC)n1c(C(C)Cl)nc2ccc(OC)cc21. The van der Waals surface area contributed by atoms with E-state index in [-0.39, 0.29) is 11.4 Å². The fraction of sp³-hybridized carbons (Fsp3) is 0.533. The van der Waals surface area contributed by atoms with Crippen LogP contribution in [0.5, 0.6) is 5.75 Å². The van der Waals surface area contributed by atoms with Crippen LogP contribution >= 0.6 is 11.6 Å². The average molecular weight is 297 g/mol. The summed E-state index contributed by atoms with van der Waals surface area (Å²) in [7, 11) is 3.38. The van der Waals surface area contributed by atoms with Gasteiger partial charge in [0.15, 0.2) is 0 Å². The highest BCUT2D eigenvalue weighted by molar-refractivity contribution is 6.20. The molecule has 2 atom stereocenters. The van der Waals surface area contributed by atoms with Crippen LogP contribution in [0.25, 0.3) is 11.0 Å². The molecule has 110 valence electrons. The Hall–Kier alpha value is -1.26. The van der Waals surface area contributed by atoms with E-state index >= 15 is 0 Å². The summed E-state index contributed by atoms with van der Waals surface area (Å²) in [6, 6.07) is 6.10. The van der Waals surface area contributed by atoms with Crippen molar-refractivity contribution in [2.75, 3.05) is 20.8 Å². The Labute approximate surface area is 124 Å². The number of rotatable bonds is 6. The topological polar surface area (TPSA) is 36.3 Å². The predicted octanol–water partition coefficient (Wildman–Crippen LogP) is 3.94. The van der Waals surface area contributed by atoms with Gasteiger partial charge in [0.1, 0.15) is 11.6 Å². The van der Waals surface area contributed by atoms with Gasteiger partial charge in [0.25, 0.3) is 0 Å². The molecule has 0 amide bonds. The second-order valence-electron chi connectivity index (χ2n) is 4.83. The van der Waals surface area contributed by atoms with Crippen LogP contribution in [0.4, 0.5) is 0 Å². The van der Waals surface area contributed by atoms with Gasteiger partial charge in [0.2, 0.25) is 0 Å². The number of imidazole rings is 1. The number of nitrogens with zero attached hydrogens (tertiary/aromatic N) is 2. The molecule has 0 radical (unpaired) electrons. The lowest BCUT2D eigenvalue weighted by Crippen LogP contribution is -2.17. The van der Waals surface area contributed by atoms with Gasteiger partial charge >= 0.3 is 0 Å². The lowest BCUT2D eigenvalue weighted by molar-refractivity contribution is 0.153. The fourth-order valence-electron chi connectivity index (χ4n) is 2.45. The molecule has 0 N–H and O–H groups in total. The predicted molar refractivity (Wildman–Crippen MR) is 81.8 cm³/mol. The van der Waals surface area contributed by atoms with Crippen LogP contribution in [0.1, 0.15) is 37.5 Å². The number of fused-ring (bicyclic) bond motifs is 1. The molecule has 1 aromatic heterocycles. The van der Waals surface area contributed by atoms with E-state index in [1.807, 2.05) is 25.1 Å². The van der Waals surface area contributed by atoms with Gasteiger partial charge in [-0.05, 0) is 25.5 Å². The summed E-state index contributed by atoms with van der Waals surface area (Å²) in [6.07, 6.45) is 0.952. The molecule has 0 saturated carbocycles. The van der Waals surface area contributed by atoms with E-state index in [1.165, 1.54) is 0 Å². The molecule has 0 spiro atoms. The van der Waals surface area contributed by atoms with Crippen LogP contribution in [0.2, 0.25) is 0 Å². The number of hydrogen-bond donors (Lipinski definition) is 0. The number of methoxy groups -OCH3 is 2. The first-order valence-corrected chi connectivity index (χ1v) is 7.24. The van der Waals surface area contributed by atoms with Crippen molar-refractivity contribution in [3.63, 3.8) is 0 Å². The Morgan fingerprint density at radius 3 is 2.65 bits per heavy atom. The van der Waals surface area contributed by atoms with Gasteiger partial charge < -0.3 is 14.0 Å². The molecule has 0 fully saturated rings. The van der Waals surface area contributed by atoms with Crippen LogP contribution in [0, 0.1) is 0 Å². The van der Waals surface area contributed by atoms with E-state index in [2.05, 4.69) is 16.5 Å². The largest absolute Gasteiger partial charge is 0.497 e. The summed E-state index contributed by atoms with van der Waals surface area (Å²) in [5.41, 5.74) is 1.97. The van der Waals surface area contributed by atoms with Crippen molar-refractivity contribution in [1.82, 2.24) is 9.55 Å². The van der Waals surface area contributed by atoms with Crippen molar-refractivity contribution >= 4 is 22.6 Å². The number of benzene rings is 1. The summed E-state index contributed by atoms with van der Waals surface area (Å²) in [6.45, 7) is 4.71. The minimum atomic E-state index is -0.153. The van der Waals surface area contributed by atoms with Gasteiger partial charge in [-0.3, -0.25) is 0 Å². The average Bonchev–Trinajstić information content (AvgIpc) is 2.83. The molecule has 4 nitrogen and oxygen atoms in total. The minimum Gasteiger partial charge on any atom is -0.497 e. The molecule has 0 saturated heterocycles. The van der Waals surface area contributed by atoms with Gasteiger partial charge in [0, 0.05) is 13.2 Å². The highest BCUT2D eigenvalue weighted by Gasteiger charge is 2.21. The summed E-state index contributed by atoms with van der Waals surface area (Å²) in [5.74, 6) is 1.69. The highest BCUT2D eigenvalue weighted by Crippen LogP contribution is 2.31. The van der Waals surface area contributed by atoms with Gasteiger partial charge in [-0.1, -0.05) is 6.92 Å². The van der Waals surface area contributed by atoms with Crippen LogP contribution in [-0.2, 0) is 4.74 Å². The normalized spacial score (nSPS) is 14.4. The zero-order valence-electron chi connectivity index (χ0n) is 12.4. The first-order valence-electron chi connectivity index (χ1n) is 6.81. The number of aromatic nitrogens is 2. The second-order valence-corrected chi connectivity index (χ2v) is 5.48. The molecule has 2 rings (SSSR count). The summed E-state index contributed by atoms with van der Waals surface area (Å²) >= 11 is 6.30. The van der Waals surface area contributed by atoms with Crippen molar-refractivity contribution in [3.8, 4) is 5.75 Å². The van der Waals surface area contributed by atoms with E-state index in [0.717, 1.165) is 29.0 Å².